The van der Waals surface area contributed by atoms with Gasteiger partial charge in [0.1, 0.15) is 10.6 Å². The van der Waals surface area contributed by atoms with Gasteiger partial charge in [-0.3, -0.25) is 0 Å². The fourth-order valence-corrected chi connectivity index (χ4v) is 1.57. The second kappa shape index (κ2) is 3.51. The van der Waals surface area contributed by atoms with Gasteiger partial charge in [-0.2, -0.15) is 0 Å². The van der Waals surface area contributed by atoms with Gasteiger partial charge in [-0.25, -0.2) is 4.98 Å². The van der Waals surface area contributed by atoms with Gasteiger partial charge in [-0.05, 0) is 13.8 Å². The minimum Gasteiger partial charge on any atom is -0.389 e. The molecule has 0 saturated carbocycles. The molecule has 0 bridgehead atoms. The molecular formula is C8H13NO2S. The standard InChI is InChI=1S/C8H13NO2S/c1-8(2,11-3)6-5-12-7(4-10)9-6/h5,10H,4H2,1-3H3. The molecule has 0 aliphatic heterocycles. The van der Waals surface area contributed by atoms with Crippen molar-refractivity contribution in [3.8, 4) is 0 Å². The van der Waals surface area contributed by atoms with E-state index >= 15 is 0 Å². The van der Waals surface area contributed by atoms with Gasteiger partial charge < -0.3 is 9.84 Å². The maximum absolute atomic E-state index is 8.80. The molecule has 0 atom stereocenters. The lowest BCUT2D eigenvalue weighted by Gasteiger charge is -2.19. The third kappa shape index (κ3) is 1.83. The first kappa shape index (κ1) is 9.64. The zero-order valence-corrected chi connectivity index (χ0v) is 8.31. The molecule has 3 nitrogen and oxygen atoms in total. The molecule has 1 aromatic heterocycles. The van der Waals surface area contributed by atoms with Crippen molar-refractivity contribution < 1.29 is 9.84 Å². The van der Waals surface area contributed by atoms with E-state index in [1.165, 1.54) is 11.3 Å². The molecule has 0 aromatic carbocycles. The zero-order valence-electron chi connectivity index (χ0n) is 7.50. The number of aliphatic hydroxyl groups is 1. The van der Waals surface area contributed by atoms with Crippen molar-refractivity contribution in [3.63, 3.8) is 0 Å². The zero-order chi connectivity index (χ0) is 9.19. The Morgan fingerprint density at radius 3 is 2.75 bits per heavy atom. The van der Waals surface area contributed by atoms with Crippen molar-refractivity contribution in [1.29, 1.82) is 0 Å². The second-order valence-electron chi connectivity index (χ2n) is 3.00. The maximum Gasteiger partial charge on any atom is 0.118 e. The first-order valence-electron chi connectivity index (χ1n) is 3.71. The Labute approximate surface area is 76.0 Å². The van der Waals surface area contributed by atoms with Crippen molar-refractivity contribution in [3.05, 3.63) is 16.1 Å². The Balaban J connectivity index is 2.88. The summed E-state index contributed by atoms with van der Waals surface area (Å²) in [4.78, 5) is 4.21. The van der Waals surface area contributed by atoms with Gasteiger partial charge in [0.2, 0.25) is 0 Å². The lowest BCUT2D eigenvalue weighted by atomic mass is 10.1. The molecule has 0 saturated heterocycles. The van der Waals surface area contributed by atoms with Crippen LogP contribution in [0.15, 0.2) is 5.38 Å². The Bertz CT molecular complexity index is 257. The highest BCUT2D eigenvalue weighted by atomic mass is 32.1. The van der Waals surface area contributed by atoms with Crippen molar-refractivity contribution in [2.75, 3.05) is 7.11 Å². The Morgan fingerprint density at radius 1 is 1.67 bits per heavy atom. The van der Waals surface area contributed by atoms with Crippen LogP contribution in [0, 0.1) is 0 Å². The van der Waals surface area contributed by atoms with E-state index in [0.717, 1.165) is 10.7 Å². The van der Waals surface area contributed by atoms with E-state index in [2.05, 4.69) is 4.98 Å². The molecule has 4 heteroatoms. The van der Waals surface area contributed by atoms with E-state index in [0.29, 0.717) is 0 Å². The highest BCUT2D eigenvalue weighted by molar-refractivity contribution is 7.09. The lowest BCUT2D eigenvalue weighted by molar-refractivity contribution is 0.0158. The van der Waals surface area contributed by atoms with E-state index in [1.54, 1.807) is 7.11 Å². The average Bonchev–Trinajstić information content (AvgIpc) is 2.52. The Hall–Kier alpha value is -0.450. The highest BCUT2D eigenvalue weighted by Crippen LogP contribution is 2.24. The number of aromatic nitrogens is 1. The lowest BCUT2D eigenvalue weighted by Crippen LogP contribution is -2.19. The van der Waals surface area contributed by atoms with Gasteiger partial charge >= 0.3 is 0 Å². The molecule has 0 spiro atoms. The minimum atomic E-state index is -0.357. The summed E-state index contributed by atoms with van der Waals surface area (Å²) in [5.41, 5.74) is 0.517. The molecule has 0 radical (unpaired) electrons. The van der Waals surface area contributed by atoms with Gasteiger partial charge in [0.15, 0.2) is 0 Å². The maximum atomic E-state index is 8.80. The van der Waals surface area contributed by atoms with Gasteiger partial charge in [-0.1, -0.05) is 0 Å². The molecule has 0 aliphatic rings. The summed E-state index contributed by atoms with van der Waals surface area (Å²) in [5.74, 6) is 0. The minimum absolute atomic E-state index is 0.00443. The number of hydrogen-bond acceptors (Lipinski definition) is 4. The predicted molar refractivity (Wildman–Crippen MR) is 48.1 cm³/mol. The van der Waals surface area contributed by atoms with Crippen LogP contribution in [0.3, 0.4) is 0 Å². The quantitative estimate of drug-likeness (QED) is 0.780. The number of rotatable bonds is 3. The van der Waals surface area contributed by atoms with E-state index in [9.17, 15) is 0 Å². The summed E-state index contributed by atoms with van der Waals surface area (Å²) < 4.78 is 5.24. The topological polar surface area (TPSA) is 42.4 Å². The number of aliphatic hydroxyl groups excluding tert-OH is 1. The van der Waals surface area contributed by atoms with Crippen molar-refractivity contribution >= 4 is 11.3 Å². The molecule has 1 N–H and O–H groups in total. The van der Waals surface area contributed by atoms with E-state index in [-0.39, 0.29) is 12.2 Å². The van der Waals surface area contributed by atoms with Crippen LogP contribution < -0.4 is 0 Å². The molecule has 12 heavy (non-hydrogen) atoms. The van der Waals surface area contributed by atoms with Crippen LogP contribution in [0.1, 0.15) is 24.5 Å². The summed E-state index contributed by atoms with van der Waals surface area (Å²) in [7, 11) is 1.65. The fraction of sp³-hybridized carbons (Fsp3) is 0.625. The van der Waals surface area contributed by atoms with Crippen LogP contribution in [0.4, 0.5) is 0 Å². The fourth-order valence-electron chi connectivity index (χ4n) is 0.765. The summed E-state index contributed by atoms with van der Waals surface area (Å²) >= 11 is 1.45. The summed E-state index contributed by atoms with van der Waals surface area (Å²) in [5, 5.41) is 11.4. The molecule has 1 aromatic rings. The average molecular weight is 187 g/mol. The molecule has 1 rings (SSSR count). The van der Waals surface area contributed by atoms with Crippen LogP contribution in [0.25, 0.3) is 0 Å². The molecule has 68 valence electrons. The highest BCUT2D eigenvalue weighted by Gasteiger charge is 2.22. The van der Waals surface area contributed by atoms with E-state index in [1.807, 2.05) is 19.2 Å². The van der Waals surface area contributed by atoms with Crippen molar-refractivity contribution in [1.82, 2.24) is 4.98 Å². The largest absolute Gasteiger partial charge is 0.389 e. The number of methoxy groups -OCH3 is 1. The first-order chi connectivity index (χ1) is 5.60. The number of nitrogens with zero attached hydrogens (tertiary/aromatic N) is 1. The SMILES string of the molecule is COC(C)(C)c1csc(CO)n1. The summed E-state index contributed by atoms with van der Waals surface area (Å²) in [6.45, 7) is 3.90. The monoisotopic (exact) mass is 187 g/mol. The predicted octanol–water partition coefficient (Wildman–Crippen LogP) is 1.52. The first-order valence-corrected chi connectivity index (χ1v) is 4.59. The van der Waals surface area contributed by atoms with Crippen LogP contribution in [-0.4, -0.2) is 17.2 Å². The van der Waals surface area contributed by atoms with Gasteiger partial charge in [0.25, 0.3) is 0 Å². The second-order valence-corrected chi connectivity index (χ2v) is 3.94. The van der Waals surface area contributed by atoms with Crippen LogP contribution in [-0.2, 0) is 16.9 Å². The molecule has 0 fully saturated rings. The van der Waals surface area contributed by atoms with Gasteiger partial charge in [0, 0.05) is 12.5 Å². The smallest absolute Gasteiger partial charge is 0.118 e. The van der Waals surface area contributed by atoms with Crippen LogP contribution in [0.2, 0.25) is 0 Å². The summed E-state index contributed by atoms with van der Waals surface area (Å²) in [6.07, 6.45) is 0. The van der Waals surface area contributed by atoms with E-state index < -0.39 is 0 Å². The van der Waals surface area contributed by atoms with Crippen molar-refractivity contribution in [2.45, 2.75) is 26.1 Å². The molecule has 0 unspecified atom stereocenters. The third-order valence-electron chi connectivity index (χ3n) is 1.81. The number of ether oxygens (including phenoxy) is 1. The molecule has 0 amide bonds. The van der Waals surface area contributed by atoms with Crippen LogP contribution >= 0.6 is 11.3 Å². The Morgan fingerprint density at radius 2 is 2.33 bits per heavy atom. The van der Waals surface area contributed by atoms with Crippen molar-refractivity contribution in [2.24, 2.45) is 0 Å². The number of hydrogen-bond donors (Lipinski definition) is 1. The Kier molecular flexibility index (Phi) is 2.82. The van der Waals surface area contributed by atoms with E-state index in [4.69, 9.17) is 9.84 Å². The molecular weight excluding hydrogens is 174 g/mol. The van der Waals surface area contributed by atoms with Gasteiger partial charge in [-0.15, -0.1) is 11.3 Å². The molecule has 0 aliphatic carbocycles. The normalized spacial score (nSPS) is 12.0. The van der Waals surface area contributed by atoms with Crippen LogP contribution in [0.5, 0.6) is 0 Å². The summed E-state index contributed by atoms with van der Waals surface area (Å²) in [6, 6.07) is 0. The molecule has 1 heterocycles. The third-order valence-corrected chi connectivity index (χ3v) is 2.65. The van der Waals surface area contributed by atoms with Gasteiger partial charge in [0.05, 0.1) is 12.3 Å². The number of thiazole rings is 1.